The molecule has 0 bridgehead atoms. The van der Waals surface area contributed by atoms with Crippen LogP contribution in [0.4, 0.5) is 11.6 Å². The topological polar surface area (TPSA) is 41.4 Å². The number of fused-ring (bicyclic) bond motifs is 2. The molecule has 4 rings (SSSR count). The maximum atomic E-state index is 4.70. The van der Waals surface area contributed by atoms with Crippen LogP contribution in [-0.4, -0.2) is 29.0 Å². The van der Waals surface area contributed by atoms with Crippen molar-refractivity contribution in [2.75, 3.05) is 17.2 Å². The molecule has 2 aromatic rings. The first-order valence-corrected chi connectivity index (χ1v) is 11.4. The summed E-state index contributed by atoms with van der Waals surface area (Å²) in [6, 6.07) is 6.89. The van der Waals surface area contributed by atoms with Crippen molar-refractivity contribution in [2.24, 2.45) is 4.99 Å². The Morgan fingerprint density at radius 2 is 2.07 bits per heavy atom. The monoisotopic (exact) mass is 404 g/mol. The van der Waals surface area contributed by atoms with E-state index in [9.17, 15) is 0 Å². The van der Waals surface area contributed by atoms with Gasteiger partial charge in [0, 0.05) is 40.5 Å². The van der Waals surface area contributed by atoms with E-state index in [4.69, 9.17) is 9.97 Å². The highest BCUT2D eigenvalue weighted by molar-refractivity contribution is 7.99. The first kappa shape index (κ1) is 19.9. The molecule has 150 valence electrons. The second-order valence-corrected chi connectivity index (χ2v) is 9.01. The van der Waals surface area contributed by atoms with Crippen molar-refractivity contribution in [1.29, 1.82) is 0 Å². The first-order chi connectivity index (χ1) is 14.2. The molecule has 4 nitrogen and oxygen atoms in total. The van der Waals surface area contributed by atoms with Crippen LogP contribution >= 0.6 is 11.8 Å². The fourth-order valence-corrected chi connectivity index (χ4v) is 4.62. The van der Waals surface area contributed by atoms with Crippen molar-refractivity contribution in [3.8, 4) is 0 Å². The molecule has 0 unspecified atom stereocenters. The zero-order valence-corrected chi connectivity index (χ0v) is 18.1. The Morgan fingerprint density at radius 3 is 2.72 bits per heavy atom. The van der Waals surface area contributed by atoms with Crippen LogP contribution in [0.2, 0.25) is 0 Å². The Hall–Kier alpha value is -2.40. The predicted molar refractivity (Wildman–Crippen MR) is 124 cm³/mol. The molecule has 1 aromatic heterocycles. The molecule has 0 saturated heterocycles. The number of rotatable bonds is 8. The van der Waals surface area contributed by atoms with Crippen LogP contribution in [-0.2, 0) is 5.41 Å². The summed E-state index contributed by atoms with van der Waals surface area (Å²) >= 11 is 1.88. The van der Waals surface area contributed by atoms with Crippen molar-refractivity contribution in [1.82, 2.24) is 9.97 Å². The van der Waals surface area contributed by atoms with Crippen LogP contribution in [0.1, 0.15) is 50.7 Å². The Bertz CT molecular complexity index is 942. The van der Waals surface area contributed by atoms with Gasteiger partial charge in [-0.2, -0.15) is 0 Å². The van der Waals surface area contributed by atoms with Gasteiger partial charge >= 0.3 is 0 Å². The Morgan fingerprint density at radius 1 is 1.28 bits per heavy atom. The molecule has 1 aliphatic heterocycles. The highest BCUT2D eigenvalue weighted by Gasteiger charge is 2.52. The van der Waals surface area contributed by atoms with E-state index < -0.39 is 0 Å². The SMILES string of the molecule is C=N/C(=C\C=C/CCC)c1cnc(N2CC3(CC3)c3ccc(SCC)cc32)nc1. The minimum Gasteiger partial charge on any atom is -0.309 e. The number of hydrogen-bond donors (Lipinski definition) is 0. The van der Waals surface area contributed by atoms with Gasteiger partial charge in [-0.1, -0.05) is 38.5 Å². The molecule has 0 atom stereocenters. The summed E-state index contributed by atoms with van der Waals surface area (Å²) in [5.74, 6) is 1.84. The molecule has 1 aliphatic carbocycles. The minimum atomic E-state index is 0.310. The van der Waals surface area contributed by atoms with Crippen LogP contribution in [0.3, 0.4) is 0 Å². The molecule has 2 aliphatic rings. The first-order valence-electron chi connectivity index (χ1n) is 10.4. The van der Waals surface area contributed by atoms with Gasteiger partial charge in [-0.25, -0.2) is 9.97 Å². The van der Waals surface area contributed by atoms with Gasteiger partial charge in [0.1, 0.15) is 0 Å². The van der Waals surface area contributed by atoms with Gasteiger partial charge in [-0.15, -0.1) is 11.8 Å². The minimum absolute atomic E-state index is 0.310. The number of thioether (sulfide) groups is 1. The lowest BCUT2D eigenvalue weighted by atomic mass is 9.99. The summed E-state index contributed by atoms with van der Waals surface area (Å²) < 4.78 is 0. The zero-order valence-electron chi connectivity index (χ0n) is 17.3. The van der Waals surface area contributed by atoms with E-state index in [0.29, 0.717) is 5.41 Å². The van der Waals surface area contributed by atoms with E-state index in [1.807, 2.05) is 36.3 Å². The molecule has 1 aromatic carbocycles. The van der Waals surface area contributed by atoms with Crippen molar-refractivity contribution in [3.05, 3.63) is 59.9 Å². The third kappa shape index (κ3) is 4.01. The molecule has 1 saturated carbocycles. The average molecular weight is 405 g/mol. The van der Waals surface area contributed by atoms with Gasteiger partial charge in [0.15, 0.2) is 0 Å². The largest absolute Gasteiger partial charge is 0.309 e. The maximum absolute atomic E-state index is 4.70. The zero-order chi connectivity index (χ0) is 20.3. The Labute approximate surface area is 177 Å². The van der Waals surface area contributed by atoms with E-state index in [1.165, 1.54) is 29.0 Å². The normalized spacial score (nSPS) is 17.2. The van der Waals surface area contributed by atoms with Crippen molar-refractivity contribution >= 4 is 35.8 Å². The van der Waals surface area contributed by atoms with Crippen LogP contribution in [0.5, 0.6) is 0 Å². The lowest BCUT2D eigenvalue weighted by Gasteiger charge is -2.18. The Kier molecular flexibility index (Phi) is 5.86. The van der Waals surface area contributed by atoms with Crippen molar-refractivity contribution in [3.63, 3.8) is 0 Å². The average Bonchev–Trinajstić information content (AvgIpc) is 3.46. The fraction of sp³-hybridized carbons (Fsp3) is 0.375. The third-order valence-corrected chi connectivity index (χ3v) is 6.52. The van der Waals surface area contributed by atoms with E-state index in [-0.39, 0.29) is 0 Å². The van der Waals surface area contributed by atoms with Gasteiger partial charge in [0.05, 0.1) is 5.70 Å². The number of unbranched alkanes of at least 4 members (excludes halogenated alkanes) is 1. The maximum Gasteiger partial charge on any atom is 0.229 e. The standard InChI is InChI=1S/C24H28N4S/c1-4-6-7-8-9-21(25-3)18-15-26-23(27-16-18)28-17-24(12-13-24)20-11-10-19(29-5-2)14-22(20)28/h7-11,14-16H,3-6,12-13,17H2,1-2H3/b8-7-,21-9-. The Balaban J connectivity index is 1.60. The van der Waals surface area contributed by atoms with Crippen LogP contribution in [0, 0.1) is 0 Å². The van der Waals surface area contributed by atoms with Crippen LogP contribution < -0.4 is 4.90 Å². The van der Waals surface area contributed by atoms with Gasteiger partial charge < -0.3 is 4.90 Å². The summed E-state index contributed by atoms with van der Waals surface area (Å²) in [7, 11) is 0. The molecule has 0 N–H and O–H groups in total. The van der Waals surface area contributed by atoms with Crippen molar-refractivity contribution < 1.29 is 0 Å². The summed E-state index contributed by atoms with van der Waals surface area (Å²) in [4.78, 5) is 17.1. The lowest BCUT2D eigenvalue weighted by molar-refractivity contribution is 0.735. The third-order valence-electron chi connectivity index (χ3n) is 5.65. The van der Waals surface area contributed by atoms with E-state index in [1.54, 1.807) is 0 Å². The number of aromatic nitrogens is 2. The van der Waals surface area contributed by atoms with Gasteiger partial charge in [0.2, 0.25) is 5.95 Å². The number of nitrogens with zero attached hydrogens (tertiary/aromatic N) is 4. The van der Waals surface area contributed by atoms with Gasteiger partial charge in [-0.3, -0.25) is 4.99 Å². The summed E-state index contributed by atoms with van der Waals surface area (Å²) in [6.45, 7) is 9.03. The number of anilines is 2. The second-order valence-electron chi connectivity index (χ2n) is 7.68. The number of allylic oxidation sites excluding steroid dienone is 3. The predicted octanol–water partition coefficient (Wildman–Crippen LogP) is 6.17. The number of aliphatic imine (C=N–C) groups is 1. The summed E-state index contributed by atoms with van der Waals surface area (Å²) in [5, 5.41) is 0. The van der Waals surface area contributed by atoms with Gasteiger partial charge in [0.25, 0.3) is 0 Å². The highest BCUT2D eigenvalue weighted by atomic mass is 32.2. The van der Waals surface area contributed by atoms with Gasteiger partial charge in [-0.05, 0) is 55.5 Å². The molecular weight excluding hydrogens is 376 g/mol. The van der Waals surface area contributed by atoms with Crippen molar-refractivity contribution in [2.45, 2.75) is 49.8 Å². The second kappa shape index (κ2) is 8.54. The molecule has 2 heterocycles. The molecule has 29 heavy (non-hydrogen) atoms. The smallest absolute Gasteiger partial charge is 0.229 e. The molecule has 1 fully saturated rings. The fourth-order valence-electron chi connectivity index (χ4n) is 3.92. The van der Waals surface area contributed by atoms with Crippen LogP contribution in [0.15, 0.2) is 58.7 Å². The molecule has 0 radical (unpaired) electrons. The summed E-state index contributed by atoms with van der Waals surface area (Å²) in [5.41, 5.74) is 4.73. The van der Waals surface area contributed by atoms with E-state index >= 15 is 0 Å². The number of benzene rings is 1. The highest BCUT2D eigenvalue weighted by Crippen LogP contribution is 2.58. The molecular formula is C24H28N4S. The van der Waals surface area contributed by atoms with Crippen LogP contribution in [0.25, 0.3) is 5.70 Å². The van der Waals surface area contributed by atoms with E-state index in [2.05, 4.69) is 54.7 Å². The van der Waals surface area contributed by atoms with E-state index in [0.717, 1.165) is 42.3 Å². The summed E-state index contributed by atoms with van der Waals surface area (Å²) in [6.07, 6.45) is 14.6. The molecule has 0 amide bonds. The molecule has 1 spiro atoms. The number of hydrogen-bond acceptors (Lipinski definition) is 5. The quantitative estimate of drug-likeness (QED) is 0.300. The lowest BCUT2D eigenvalue weighted by Crippen LogP contribution is -2.21. The molecule has 5 heteroatoms.